The van der Waals surface area contributed by atoms with Gasteiger partial charge in [0.15, 0.2) is 0 Å². The fourth-order valence-electron chi connectivity index (χ4n) is 1.48. The molecule has 2 N–H and O–H groups in total. The van der Waals surface area contributed by atoms with Gasteiger partial charge in [-0.05, 0) is 18.0 Å². The summed E-state index contributed by atoms with van der Waals surface area (Å²) in [6.07, 6.45) is -1.87. The first-order valence-electron chi connectivity index (χ1n) is 5.03. The molecular weight excluding hydrogens is 222 g/mol. The maximum atomic E-state index is 10.8. The lowest BCUT2D eigenvalue weighted by Crippen LogP contribution is -2.22. The molecule has 6 nitrogen and oxygen atoms in total. The number of carbonyl (C=O) groups excluding carboxylic acids is 1. The third-order valence-electron chi connectivity index (χ3n) is 2.38. The standard InChI is InChI=1S/C11H13N3O3/c1-7-2-3-8(6-15)9(4-7)11(17)10(16)5-13-14-12/h2-4,6,10-11,16-17H,5H2,1H3. The van der Waals surface area contributed by atoms with Crippen LogP contribution in [0.2, 0.25) is 0 Å². The molecule has 0 saturated heterocycles. The zero-order valence-electron chi connectivity index (χ0n) is 9.32. The minimum Gasteiger partial charge on any atom is -0.390 e. The summed E-state index contributed by atoms with van der Waals surface area (Å²) in [5, 5.41) is 22.6. The summed E-state index contributed by atoms with van der Waals surface area (Å²) in [6.45, 7) is 1.56. The van der Waals surface area contributed by atoms with Gasteiger partial charge in [0.05, 0.1) is 12.6 Å². The number of azide groups is 1. The van der Waals surface area contributed by atoms with Crippen LogP contribution in [-0.2, 0) is 0 Å². The van der Waals surface area contributed by atoms with E-state index >= 15 is 0 Å². The molecule has 0 heterocycles. The van der Waals surface area contributed by atoms with Crippen LogP contribution in [0, 0.1) is 6.92 Å². The second-order valence-corrected chi connectivity index (χ2v) is 3.68. The topological polar surface area (TPSA) is 106 Å². The number of hydrogen-bond donors (Lipinski definition) is 2. The largest absolute Gasteiger partial charge is 0.390 e. The van der Waals surface area contributed by atoms with Crippen molar-refractivity contribution in [3.05, 3.63) is 45.3 Å². The molecule has 0 bridgehead atoms. The van der Waals surface area contributed by atoms with E-state index in [-0.39, 0.29) is 6.54 Å². The van der Waals surface area contributed by atoms with Crippen LogP contribution in [-0.4, -0.2) is 29.1 Å². The van der Waals surface area contributed by atoms with Crippen molar-refractivity contribution >= 4 is 6.29 Å². The Morgan fingerprint density at radius 2 is 2.24 bits per heavy atom. The summed E-state index contributed by atoms with van der Waals surface area (Å²) < 4.78 is 0. The summed E-state index contributed by atoms with van der Waals surface area (Å²) in [4.78, 5) is 13.3. The number of aliphatic hydroxyl groups is 2. The molecule has 6 heteroatoms. The third-order valence-corrected chi connectivity index (χ3v) is 2.38. The fourth-order valence-corrected chi connectivity index (χ4v) is 1.48. The quantitative estimate of drug-likeness (QED) is 0.349. The first-order valence-corrected chi connectivity index (χ1v) is 5.03. The summed E-state index contributed by atoms with van der Waals surface area (Å²) in [7, 11) is 0. The maximum Gasteiger partial charge on any atom is 0.150 e. The normalized spacial score (nSPS) is 13.6. The van der Waals surface area contributed by atoms with Crippen molar-refractivity contribution in [3.8, 4) is 0 Å². The van der Waals surface area contributed by atoms with E-state index < -0.39 is 12.2 Å². The van der Waals surface area contributed by atoms with E-state index in [9.17, 15) is 15.0 Å². The maximum absolute atomic E-state index is 10.8. The van der Waals surface area contributed by atoms with Crippen LogP contribution in [0.15, 0.2) is 23.3 Å². The summed E-state index contributed by atoms with van der Waals surface area (Å²) >= 11 is 0. The molecule has 0 aliphatic heterocycles. The highest BCUT2D eigenvalue weighted by Gasteiger charge is 2.20. The Balaban J connectivity index is 3.01. The second-order valence-electron chi connectivity index (χ2n) is 3.68. The third kappa shape index (κ3) is 3.29. The number of hydrogen-bond acceptors (Lipinski definition) is 4. The number of aldehydes is 1. The van der Waals surface area contributed by atoms with Crippen molar-refractivity contribution < 1.29 is 15.0 Å². The van der Waals surface area contributed by atoms with Gasteiger partial charge in [-0.3, -0.25) is 4.79 Å². The minimum absolute atomic E-state index is 0.246. The van der Waals surface area contributed by atoms with Crippen LogP contribution in [0.1, 0.15) is 27.6 Å². The number of benzene rings is 1. The molecular formula is C11H13N3O3. The van der Waals surface area contributed by atoms with E-state index in [0.29, 0.717) is 17.4 Å². The van der Waals surface area contributed by atoms with Gasteiger partial charge in [0.2, 0.25) is 0 Å². The van der Waals surface area contributed by atoms with Crippen LogP contribution >= 0.6 is 0 Å². The monoisotopic (exact) mass is 235 g/mol. The molecule has 1 aromatic carbocycles. The fraction of sp³-hybridized carbons (Fsp3) is 0.364. The molecule has 0 aliphatic rings. The van der Waals surface area contributed by atoms with Gasteiger partial charge in [-0.25, -0.2) is 0 Å². The lowest BCUT2D eigenvalue weighted by Gasteiger charge is -2.18. The van der Waals surface area contributed by atoms with Crippen LogP contribution in [0.4, 0.5) is 0 Å². The summed E-state index contributed by atoms with van der Waals surface area (Å²) in [6, 6.07) is 4.93. The van der Waals surface area contributed by atoms with Crippen molar-refractivity contribution in [2.45, 2.75) is 19.1 Å². The van der Waals surface area contributed by atoms with Crippen LogP contribution in [0.25, 0.3) is 10.4 Å². The second kappa shape index (κ2) is 6.00. The van der Waals surface area contributed by atoms with Crippen molar-refractivity contribution in [3.63, 3.8) is 0 Å². The van der Waals surface area contributed by atoms with E-state index in [2.05, 4.69) is 10.0 Å². The Morgan fingerprint density at radius 1 is 1.53 bits per heavy atom. The van der Waals surface area contributed by atoms with Crippen LogP contribution < -0.4 is 0 Å². The Kier molecular flexibility index (Phi) is 4.66. The summed E-state index contributed by atoms with van der Waals surface area (Å²) in [5.41, 5.74) is 9.63. The molecule has 0 saturated carbocycles. The van der Waals surface area contributed by atoms with Crippen molar-refractivity contribution in [2.24, 2.45) is 5.11 Å². The van der Waals surface area contributed by atoms with E-state index in [0.717, 1.165) is 5.56 Å². The smallest absolute Gasteiger partial charge is 0.150 e. The van der Waals surface area contributed by atoms with E-state index in [4.69, 9.17) is 5.53 Å². The van der Waals surface area contributed by atoms with Gasteiger partial charge >= 0.3 is 0 Å². The van der Waals surface area contributed by atoms with Crippen molar-refractivity contribution in [1.82, 2.24) is 0 Å². The zero-order chi connectivity index (χ0) is 12.8. The van der Waals surface area contributed by atoms with Gasteiger partial charge in [0.1, 0.15) is 12.4 Å². The number of nitrogens with zero attached hydrogens (tertiary/aromatic N) is 3. The van der Waals surface area contributed by atoms with E-state index in [1.54, 1.807) is 18.2 Å². The SMILES string of the molecule is Cc1ccc(C=O)c(C(O)C(O)CN=[N+]=[N-])c1. The lowest BCUT2D eigenvalue weighted by atomic mass is 9.97. The first-order chi connectivity index (χ1) is 8.10. The molecule has 2 unspecified atom stereocenters. The lowest BCUT2D eigenvalue weighted by molar-refractivity contribution is 0.0240. The number of aliphatic hydroxyl groups excluding tert-OH is 2. The molecule has 90 valence electrons. The molecule has 0 amide bonds. The van der Waals surface area contributed by atoms with Crippen molar-refractivity contribution in [2.75, 3.05) is 6.54 Å². The highest BCUT2D eigenvalue weighted by molar-refractivity contribution is 5.77. The van der Waals surface area contributed by atoms with Crippen molar-refractivity contribution in [1.29, 1.82) is 0 Å². The number of aryl methyl sites for hydroxylation is 1. The van der Waals surface area contributed by atoms with Gasteiger partial charge in [-0.1, -0.05) is 28.9 Å². The Morgan fingerprint density at radius 3 is 2.82 bits per heavy atom. The molecule has 0 aliphatic carbocycles. The molecule has 0 aromatic heterocycles. The van der Waals surface area contributed by atoms with Crippen LogP contribution in [0.3, 0.4) is 0 Å². The molecule has 17 heavy (non-hydrogen) atoms. The predicted molar refractivity (Wildman–Crippen MR) is 61.5 cm³/mol. The minimum atomic E-state index is -1.25. The van der Waals surface area contributed by atoms with Gasteiger partial charge < -0.3 is 10.2 Å². The predicted octanol–water partition coefficient (Wildman–Crippen LogP) is 1.51. The van der Waals surface area contributed by atoms with E-state index in [1.165, 1.54) is 0 Å². The highest BCUT2D eigenvalue weighted by Crippen LogP contribution is 2.22. The average Bonchev–Trinajstić information content (AvgIpc) is 2.34. The van der Waals surface area contributed by atoms with Gasteiger partial charge in [0, 0.05) is 10.5 Å². The van der Waals surface area contributed by atoms with Gasteiger partial charge in [-0.2, -0.15) is 0 Å². The Hall–Kier alpha value is -1.88. The molecule has 1 rings (SSSR count). The van der Waals surface area contributed by atoms with Crippen LogP contribution in [0.5, 0.6) is 0 Å². The molecule has 0 fully saturated rings. The van der Waals surface area contributed by atoms with Gasteiger partial charge in [0.25, 0.3) is 0 Å². The number of rotatable bonds is 5. The molecule has 1 aromatic rings. The average molecular weight is 235 g/mol. The first kappa shape index (κ1) is 13.2. The molecule has 0 radical (unpaired) electrons. The van der Waals surface area contributed by atoms with E-state index in [1.807, 2.05) is 6.92 Å². The zero-order valence-corrected chi connectivity index (χ0v) is 9.32. The highest BCUT2D eigenvalue weighted by atomic mass is 16.3. The Bertz CT molecular complexity index is 455. The number of carbonyl (C=O) groups is 1. The summed E-state index contributed by atoms with van der Waals surface area (Å²) in [5.74, 6) is 0. The van der Waals surface area contributed by atoms with Gasteiger partial charge in [-0.15, -0.1) is 0 Å². The molecule has 0 spiro atoms. The Labute approximate surface area is 98.1 Å². The molecule has 2 atom stereocenters.